The average molecular weight is 356 g/mol. The molecule has 1 heterocycles. The zero-order valence-corrected chi connectivity index (χ0v) is 14.8. The van der Waals surface area contributed by atoms with Gasteiger partial charge in [0.05, 0.1) is 0 Å². The molecular formula is C18H30BrNO. The predicted molar refractivity (Wildman–Crippen MR) is 90.5 cm³/mol. The van der Waals surface area contributed by atoms with Gasteiger partial charge in [0.2, 0.25) is 5.91 Å². The first-order valence-corrected chi connectivity index (χ1v) is 10.2. The number of amides is 1. The molecule has 4 atom stereocenters. The normalized spacial score (nSPS) is 37.1. The summed E-state index contributed by atoms with van der Waals surface area (Å²) in [6.45, 7) is 2.04. The van der Waals surface area contributed by atoms with E-state index in [4.69, 9.17) is 0 Å². The van der Waals surface area contributed by atoms with E-state index in [0.717, 1.165) is 36.2 Å². The topological polar surface area (TPSA) is 20.3 Å². The Balaban J connectivity index is 1.55. The van der Waals surface area contributed by atoms with Crippen molar-refractivity contribution < 1.29 is 4.79 Å². The summed E-state index contributed by atoms with van der Waals surface area (Å²) >= 11 is 3.55. The van der Waals surface area contributed by atoms with Crippen molar-refractivity contribution in [1.29, 1.82) is 0 Å². The lowest BCUT2D eigenvalue weighted by molar-refractivity contribution is -0.139. The maximum absolute atomic E-state index is 12.9. The fourth-order valence-electron chi connectivity index (χ4n) is 5.01. The summed E-state index contributed by atoms with van der Waals surface area (Å²) < 4.78 is 0. The highest BCUT2D eigenvalue weighted by Crippen LogP contribution is 2.43. The minimum Gasteiger partial charge on any atom is -0.342 e. The second-order valence-corrected chi connectivity index (χ2v) is 8.38. The van der Waals surface area contributed by atoms with Gasteiger partial charge in [-0.3, -0.25) is 4.79 Å². The molecule has 1 amide bonds. The quantitative estimate of drug-likeness (QED) is 0.676. The number of piperidine rings is 1. The van der Waals surface area contributed by atoms with E-state index in [1.165, 1.54) is 64.2 Å². The van der Waals surface area contributed by atoms with E-state index in [9.17, 15) is 4.79 Å². The standard InChI is InChI=1S/C18H30BrNO/c19-10-9-14-4-3-11-20(13-14)18(21)17-8-7-15-5-1-2-6-16(15)12-17/h14-17H,1-13H2. The van der Waals surface area contributed by atoms with Crippen LogP contribution in [0.3, 0.4) is 0 Å². The molecule has 2 saturated carbocycles. The van der Waals surface area contributed by atoms with Gasteiger partial charge >= 0.3 is 0 Å². The van der Waals surface area contributed by atoms with Gasteiger partial charge in [0, 0.05) is 24.3 Å². The zero-order valence-electron chi connectivity index (χ0n) is 13.2. The van der Waals surface area contributed by atoms with Crippen LogP contribution in [0.2, 0.25) is 0 Å². The van der Waals surface area contributed by atoms with Gasteiger partial charge in [0.15, 0.2) is 0 Å². The van der Waals surface area contributed by atoms with E-state index in [1.807, 2.05) is 0 Å². The lowest BCUT2D eigenvalue weighted by atomic mass is 9.67. The van der Waals surface area contributed by atoms with Gasteiger partial charge in [0.1, 0.15) is 0 Å². The van der Waals surface area contributed by atoms with Crippen molar-refractivity contribution in [2.24, 2.45) is 23.7 Å². The molecule has 0 N–H and O–H groups in total. The third kappa shape index (κ3) is 3.83. The summed E-state index contributed by atoms with van der Waals surface area (Å²) in [6.07, 6.45) is 13.1. The van der Waals surface area contributed by atoms with Crippen molar-refractivity contribution in [2.45, 2.75) is 64.2 Å². The number of nitrogens with zero attached hydrogens (tertiary/aromatic N) is 1. The van der Waals surface area contributed by atoms with Crippen molar-refractivity contribution in [2.75, 3.05) is 18.4 Å². The molecule has 3 rings (SSSR count). The first-order valence-electron chi connectivity index (χ1n) is 9.12. The lowest BCUT2D eigenvalue weighted by Crippen LogP contribution is -2.45. The number of hydrogen-bond donors (Lipinski definition) is 0. The molecule has 0 spiro atoms. The lowest BCUT2D eigenvalue weighted by Gasteiger charge is -2.41. The monoisotopic (exact) mass is 355 g/mol. The van der Waals surface area contributed by atoms with E-state index in [-0.39, 0.29) is 0 Å². The largest absolute Gasteiger partial charge is 0.342 e. The average Bonchev–Trinajstić information content (AvgIpc) is 2.54. The summed E-state index contributed by atoms with van der Waals surface area (Å²) in [7, 11) is 0. The molecule has 21 heavy (non-hydrogen) atoms. The van der Waals surface area contributed by atoms with Crippen LogP contribution in [-0.4, -0.2) is 29.2 Å². The van der Waals surface area contributed by atoms with E-state index < -0.39 is 0 Å². The third-order valence-corrected chi connectivity index (χ3v) is 6.69. The summed E-state index contributed by atoms with van der Waals surface area (Å²) in [6, 6.07) is 0. The summed E-state index contributed by atoms with van der Waals surface area (Å²) in [5.74, 6) is 3.40. The van der Waals surface area contributed by atoms with Gasteiger partial charge in [-0.05, 0) is 56.3 Å². The highest BCUT2D eigenvalue weighted by atomic mass is 79.9. The van der Waals surface area contributed by atoms with Crippen molar-refractivity contribution in [3.05, 3.63) is 0 Å². The second-order valence-electron chi connectivity index (χ2n) is 7.58. The highest BCUT2D eigenvalue weighted by Gasteiger charge is 2.37. The fourth-order valence-corrected chi connectivity index (χ4v) is 5.66. The van der Waals surface area contributed by atoms with E-state index >= 15 is 0 Å². The molecule has 120 valence electrons. The molecule has 0 aromatic carbocycles. The molecular weight excluding hydrogens is 326 g/mol. The summed E-state index contributed by atoms with van der Waals surface area (Å²) in [5, 5.41) is 1.08. The van der Waals surface area contributed by atoms with E-state index in [2.05, 4.69) is 20.8 Å². The minimum atomic E-state index is 0.354. The zero-order chi connectivity index (χ0) is 14.7. The number of hydrogen-bond acceptors (Lipinski definition) is 1. The van der Waals surface area contributed by atoms with Crippen LogP contribution in [0.4, 0.5) is 0 Å². The van der Waals surface area contributed by atoms with Crippen LogP contribution < -0.4 is 0 Å². The van der Waals surface area contributed by atoms with Gasteiger partial charge in [-0.15, -0.1) is 0 Å². The van der Waals surface area contributed by atoms with Crippen LogP contribution in [-0.2, 0) is 4.79 Å². The number of fused-ring (bicyclic) bond motifs is 1. The number of likely N-dealkylation sites (tertiary alicyclic amines) is 1. The molecule has 2 nitrogen and oxygen atoms in total. The fraction of sp³-hybridized carbons (Fsp3) is 0.944. The molecule has 0 radical (unpaired) electrons. The van der Waals surface area contributed by atoms with Gasteiger partial charge in [-0.1, -0.05) is 41.6 Å². The number of alkyl halides is 1. The number of carbonyl (C=O) groups excluding carboxylic acids is 1. The van der Waals surface area contributed by atoms with Crippen LogP contribution in [0.1, 0.15) is 64.2 Å². The first-order chi connectivity index (χ1) is 10.3. The Morgan fingerprint density at radius 1 is 1.00 bits per heavy atom. The molecule has 0 bridgehead atoms. The minimum absolute atomic E-state index is 0.354. The van der Waals surface area contributed by atoms with Crippen LogP contribution in [0, 0.1) is 23.7 Å². The Morgan fingerprint density at radius 3 is 2.62 bits per heavy atom. The van der Waals surface area contributed by atoms with Crippen molar-refractivity contribution >= 4 is 21.8 Å². The molecule has 3 aliphatic rings. The Hall–Kier alpha value is -0.0500. The molecule has 4 unspecified atom stereocenters. The summed E-state index contributed by atoms with van der Waals surface area (Å²) in [5.41, 5.74) is 0. The summed E-state index contributed by atoms with van der Waals surface area (Å²) in [4.78, 5) is 15.1. The van der Waals surface area contributed by atoms with Gasteiger partial charge < -0.3 is 4.90 Å². The van der Waals surface area contributed by atoms with E-state index in [0.29, 0.717) is 11.8 Å². The number of rotatable bonds is 3. The number of halogens is 1. The molecule has 3 heteroatoms. The molecule has 0 aromatic rings. The Morgan fingerprint density at radius 2 is 1.81 bits per heavy atom. The predicted octanol–water partition coefficient (Wildman–Crippen LogP) is 4.62. The highest BCUT2D eigenvalue weighted by molar-refractivity contribution is 9.09. The van der Waals surface area contributed by atoms with E-state index in [1.54, 1.807) is 0 Å². The van der Waals surface area contributed by atoms with Crippen molar-refractivity contribution in [1.82, 2.24) is 4.90 Å². The first kappa shape index (κ1) is 15.8. The maximum Gasteiger partial charge on any atom is 0.225 e. The Bertz CT molecular complexity index is 357. The van der Waals surface area contributed by atoms with Gasteiger partial charge in [-0.2, -0.15) is 0 Å². The molecule has 1 saturated heterocycles. The van der Waals surface area contributed by atoms with Gasteiger partial charge in [-0.25, -0.2) is 0 Å². The van der Waals surface area contributed by atoms with Crippen LogP contribution >= 0.6 is 15.9 Å². The molecule has 1 aliphatic heterocycles. The second kappa shape index (κ2) is 7.48. The Labute approximate surface area is 138 Å². The Kier molecular flexibility index (Phi) is 5.64. The third-order valence-electron chi connectivity index (χ3n) is 6.24. The van der Waals surface area contributed by atoms with Crippen molar-refractivity contribution in [3.63, 3.8) is 0 Å². The molecule has 0 aromatic heterocycles. The van der Waals surface area contributed by atoms with Crippen LogP contribution in [0.25, 0.3) is 0 Å². The maximum atomic E-state index is 12.9. The molecule has 2 aliphatic carbocycles. The van der Waals surface area contributed by atoms with Crippen molar-refractivity contribution in [3.8, 4) is 0 Å². The number of carbonyl (C=O) groups is 1. The SMILES string of the molecule is O=C(C1CCC2CCCCC2C1)N1CCCC(CCBr)C1. The van der Waals surface area contributed by atoms with Crippen LogP contribution in [0.15, 0.2) is 0 Å². The van der Waals surface area contributed by atoms with Gasteiger partial charge in [0.25, 0.3) is 0 Å². The molecule has 3 fully saturated rings. The van der Waals surface area contributed by atoms with Crippen LogP contribution in [0.5, 0.6) is 0 Å². The smallest absolute Gasteiger partial charge is 0.225 e.